The maximum absolute atomic E-state index is 13.3. The molecule has 0 aliphatic heterocycles. The van der Waals surface area contributed by atoms with Crippen LogP contribution in [-0.4, -0.2) is 36.9 Å². The summed E-state index contributed by atoms with van der Waals surface area (Å²) in [4.78, 5) is 0.0831. The summed E-state index contributed by atoms with van der Waals surface area (Å²) >= 11 is -3.15. The molecule has 0 aromatic heterocycles. The molecule has 0 amide bonds. The van der Waals surface area contributed by atoms with Crippen LogP contribution in [-0.2, 0) is 12.6 Å². The van der Waals surface area contributed by atoms with Crippen LogP contribution in [0.5, 0.6) is 23.0 Å². The summed E-state index contributed by atoms with van der Waals surface area (Å²) < 4.78 is 55.6. The Labute approximate surface area is 196 Å². The molecule has 0 aliphatic carbocycles. The van der Waals surface area contributed by atoms with Crippen LogP contribution in [0, 0.1) is 14.1 Å². The van der Waals surface area contributed by atoms with Gasteiger partial charge in [-0.2, -0.15) is 0 Å². The van der Waals surface area contributed by atoms with Crippen molar-refractivity contribution in [3.63, 3.8) is 0 Å². The van der Waals surface area contributed by atoms with E-state index in [9.17, 15) is 8.42 Å². The fourth-order valence-electron chi connectivity index (χ4n) is 2.83. The minimum atomic E-state index is -4.07. The zero-order chi connectivity index (χ0) is 23.3. The van der Waals surface area contributed by atoms with Gasteiger partial charge in [-0.05, 0) is 0 Å². The second-order valence-electron chi connectivity index (χ2n) is 6.59. The number of hydrogen-bond donors (Lipinski definition) is 0. The number of aryl methyl sites for hydroxylation is 1. The molecule has 9 heteroatoms. The molecule has 0 unspecified atom stereocenters. The van der Waals surface area contributed by atoms with Gasteiger partial charge < -0.3 is 0 Å². The van der Waals surface area contributed by atoms with Crippen molar-refractivity contribution in [2.75, 3.05) is 28.4 Å². The number of benzene rings is 3. The zero-order valence-electron chi connectivity index (χ0n) is 18.4. The van der Waals surface area contributed by atoms with Crippen LogP contribution in [0.4, 0.5) is 0 Å². The van der Waals surface area contributed by atoms with Gasteiger partial charge in [-0.1, -0.05) is 0 Å². The number of halogens is 1. The van der Waals surface area contributed by atoms with Gasteiger partial charge in [-0.15, -0.1) is 0 Å². The van der Waals surface area contributed by atoms with Crippen molar-refractivity contribution >= 4 is 30.4 Å². The second kappa shape index (κ2) is 10.4. The van der Waals surface area contributed by atoms with E-state index in [1.807, 2.05) is 13.0 Å². The van der Waals surface area contributed by atoms with Crippen LogP contribution in [0.3, 0.4) is 0 Å². The molecule has 172 valence electrons. The van der Waals surface area contributed by atoms with Crippen molar-refractivity contribution in [3.8, 4) is 23.0 Å². The van der Waals surface area contributed by atoms with E-state index in [4.69, 9.17) is 21.5 Å². The first-order chi connectivity index (χ1) is 15.3. The van der Waals surface area contributed by atoms with Gasteiger partial charge >= 0.3 is 197 Å². The molecule has 7 nitrogen and oxygen atoms in total. The number of rotatable bonds is 9. The molecule has 0 spiro atoms. The maximum atomic E-state index is 13.3. The molecule has 0 fully saturated rings. The number of hydrogen-bond acceptors (Lipinski definition) is 7. The van der Waals surface area contributed by atoms with Gasteiger partial charge in [-0.3, -0.25) is 0 Å². The van der Waals surface area contributed by atoms with Crippen molar-refractivity contribution < 1.29 is 29.9 Å². The summed E-state index contributed by atoms with van der Waals surface area (Å²) in [6.45, 7) is 1.89. The quantitative estimate of drug-likeness (QED) is 0.338. The van der Waals surface area contributed by atoms with Gasteiger partial charge in [0, 0.05) is 0 Å². The molecule has 0 heterocycles. The molecule has 0 radical (unpaired) electrons. The van der Waals surface area contributed by atoms with Crippen LogP contribution >= 0.6 is 20.2 Å². The molecule has 0 saturated carbocycles. The summed E-state index contributed by atoms with van der Waals surface area (Å²) in [5.74, 6) is 1.96. The standard InChI is InChI=1S/C23H25IO7S/c1-16-9-11-20(12-10-16)32(25,26)31-24(17-7-6-8-18(13-17)27-2)23-21(29-4)14-19(28-3)15-22(23)30-5/h6-15H,1-5H3. The Morgan fingerprint density at radius 3 is 1.84 bits per heavy atom. The van der Waals surface area contributed by atoms with Crippen LogP contribution in [0.25, 0.3) is 0 Å². The molecule has 3 rings (SSSR count). The Bertz CT molecular complexity index is 1150. The summed E-state index contributed by atoms with van der Waals surface area (Å²) in [5.41, 5.74) is 0.950. The Kier molecular flexibility index (Phi) is 7.86. The topological polar surface area (TPSA) is 80.3 Å². The van der Waals surface area contributed by atoms with Crippen molar-refractivity contribution in [2.24, 2.45) is 0 Å². The Morgan fingerprint density at radius 2 is 1.31 bits per heavy atom. The molecule has 0 bridgehead atoms. The average molecular weight is 572 g/mol. The van der Waals surface area contributed by atoms with Crippen molar-refractivity contribution in [1.29, 1.82) is 0 Å². The number of methoxy groups -OCH3 is 4. The predicted octanol–water partition coefficient (Wildman–Crippen LogP) is 4.90. The van der Waals surface area contributed by atoms with Crippen molar-refractivity contribution in [3.05, 3.63) is 73.4 Å². The van der Waals surface area contributed by atoms with E-state index in [1.54, 1.807) is 49.6 Å². The van der Waals surface area contributed by atoms with Gasteiger partial charge in [0.25, 0.3) is 0 Å². The van der Waals surface area contributed by atoms with Crippen molar-refractivity contribution in [2.45, 2.75) is 11.8 Å². The Morgan fingerprint density at radius 1 is 0.719 bits per heavy atom. The summed E-state index contributed by atoms with van der Waals surface area (Å²) in [5, 5.41) is 0. The molecule has 0 N–H and O–H groups in total. The van der Waals surface area contributed by atoms with E-state index in [-0.39, 0.29) is 4.90 Å². The van der Waals surface area contributed by atoms with Crippen LogP contribution in [0.2, 0.25) is 0 Å². The normalized spacial score (nSPS) is 11.6. The summed E-state index contributed by atoms with van der Waals surface area (Å²) in [6, 6.07) is 17.1. The number of ether oxygens (including phenoxy) is 4. The van der Waals surface area contributed by atoms with Crippen LogP contribution in [0.1, 0.15) is 5.56 Å². The van der Waals surface area contributed by atoms with Gasteiger partial charge in [0.05, 0.1) is 0 Å². The third-order valence-corrected chi connectivity index (χ3v) is 12.0. The third kappa shape index (κ3) is 5.28. The Hall–Kier alpha value is -2.50. The van der Waals surface area contributed by atoms with Gasteiger partial charge in [0.1, 0.15) is 0 Å². The molecular formula is C23H25IO7S. The van der Waals surface area contributed by atoms with E-state index in [0.29, 0.717) is 30.1 Å². The molecule has 0 aliphatic rings. The van der Waals surface area contributed by atoms with Gasteiger partial charge in [0.2, 0.25) is 0 Å². The first kappa shape index (κ1) is 24.1. The van der Waals surface area contributed by atoms with E-state index in [1.165, 1.54) is 33.5 Å². The fourth-order valence-corrected chi connectivity index (χ4v) is 10.3. The van der Waals surface area contributed by atoms with Gasteiger partial charge in [-0.25, -0.2) is 0 Å². The Balaban J connectivity index is 2.21. The molecule has 32 heavy (non-hydrogen) atoms. The third-order valence-electron chi connectivity index (χ3n) is 4.51. The van der Waals surface area contributed by atoms with Crippen LogP contribution in [0.15, 0.2) is 65.6 Å². The van der Waals surface area contributed by atoms with E-state index >= 15 is 0 Å². The molecule has 3 aromatic carbocycles. The molecular weight excluding hydrogens is 547 g/mol. The average Bonchev–Trinajstić information content (AvgIpc) is 2.82. The zero-order valence-corrected chi connectivity index (χ0v) is 21.4. The SMILES string of the molecule is COc1cccc(I(OS(=O)(=O)c2ccc(C)cc2)c2c(OC)cc(OC)cc2OC)c1. The molecule has 3 aromatic rings. The molecule has 0 saturated heterocycles. The summed E-state index contributed by atoms with van der Waals surface area (Å²) in [7, 11) is 2.02. The van der Waals surface area contributed by atoms with Crippen LogP contribution < -0.4 is 18.9 Å². The summed E-state index contributed by atoms with van der Waals surface area (Å²) in [6.07, 6.45) is 0. The van der Waals surface area contributed by atoms with Gasteiger partial charge in [0.15, 0.2) is 0 Å². The van der Waals surface area contributed by atoms with Crippen molar-refractivity contribution in [1.82, 2.24) is 0 Å². The van der Waals surface area contributed by atoms with E-state index in [2.05, 4.69) is 0 Å². The first-order valence-corrected chi connectivity index (χ1v) is 13.9. The van der Waals surface area contributed by atoms with E-state index < -0.39 is 30.4 Å². The first-order valence-electron chi connectivity index (χ1n) is 9.48. The molecule has 0 atom stereocenters. The predicted molar refractivity (Wildman–Crippen MR) is 130 cm³/mol. The monoisotopic (exact) mass is 572 g/mol. The minimum absolute atomic E-state index is 0.0831. The fraction of sp³-hybridized carbons (Fsp3) is 0.217. The van der Waals surface area contributed by atoms with E-state index in [0.717, 1.165) is 5.56 Å². The second-order valence-corrected chi connectivity index (χ2v) is 12.9.